The number of rotatable bonds is 4. The van der Waals surface area contributed by atoms with Crippen LogP contribution in [0, 0.1) is 6.92 Å². The molecule has 1 aromatic rings. The molecular weight excluding hydrogens is 250 g/mol. The monoisotopic (exact) mass is 269 g/mol. The minimum Gasteiger partial charge on any atom is -0.355 e. The van der Waals surface area contributed by atoms with E-state index in [0.717, 1.165) is 12.5 Å². The summed E-state index contributed by atoms with van der Waals surface area (Å²) in [5.74, 6) is 3.28. The number of nitrogens with one attached hydrogen (secondary N) is 2. The van der Waals surface area contributed by atoms with Crippen LogP contribution in [0.1, 0.15) is 24.6 Å². The maximum absolute atomic E-state index is 5.03. The fourth-order valence-corrected chi connectivity index (χ4v) is 3.01. The van der Waals surface area contributed by atoms with E-state index in [9.17, 15) is 0 Å². The van der Waals surface area contributed by atoms with Gasteiger partial charge in [-0.3, -0.25) is 4.99 Å². The van der Waals surface area contributed by atoms with Crippen LogP contribution in [0.3, 0.4) is 0 Å². The number of guanidine groups is 1. The Balaban J connectivity index is 1.72. The van der Waals surface area contributed by atoms with Crippen LogP contribution in [-0.2, 0) is 6.54 Å². The van der Waals surface area contributed by atoms with Crippen LogP contribution in [0.4, 0.5) is 0 Å². The molecule has 6 nitrogen and oxygen atoms in total. The summed E-state index contributed by atoms with van der Waals surface area (Å²) in [6.07, 6.45) is 2.61. The summed E-state index contributed by atoms with van der Waals surface area (Å²) in [6, 6.07) is 0. The molecule has 1 unspecified atom stereocenters. The second kappa shape index (κ2) is 6.63. The van der Waals surface area contributed by atoms with Crippen molar-refractivity contribution in [2.24, 2.45) is 4.99 Å². The van der Waals surface area contributed by atoms with E-state index < -0.39 is 0 Å². The zero-order chi connectivity index (χ0) is 12.8. The number of aliphatic imine (C=N–C) groups is 1. The number of aryl methyl sites for hydroxylation is 1. The molecule has 2 heterocycles. The van der Waals surface area contributed by atoms with E-state index in [2.05, 4.69) is 25.8 Å². The number of hydrogen-bond donors (Lipinski definition) is 2. The molecule has 18 heavy (non-hydrogen) atoms. The molecule has 1 aliphatic rings. The molecule has 1 atom stereocenters. The third kappa shape index (κ3) is 3.90. The molecule has 0 spiro atoms. The molecule has 1 saturated heterocycles. The highest BCUT2D eigenvalue weighted by Gasteiger charge is 2.15. The van der Waals surface area contributed by atoms with Gasteiger partial charge >= 0.3 is 0 Å². The molecule has 1 fully saturated rings. The minimum absolute atomic E-state index is 0.498. The van der Waals surface area contributed by atoms with Gasteiger partial charge in [-0.15, -0.1) is 0 Å². The first-order chi connectivity index (χ1) is 8.78. The molecule has 0 aliphatic carbocycles. The first kappa shape index (κ1) is 13.2. The van der Waals surface area contributed by atoms with Gasteiger partial charge in [0.25, 0.3) is 0 Å². The lowest BCUT2D eigenvalue weighted by molar-refractivity contribution is 0.371. The van der Waals surface area contributed by atoms with Gasteiger partial charge < -0.3 is 15.2 Å². The summed E-state index contributed by atoms with van der Waals surface area (Å²) in [7, 11) is 1.76. The summed E-state index contributed by atoms with van der Waals surface area (Å²) in [4.78, 5) is 8.29. The number of hydrogen-bond acceptors (Lipinski definition) is 5. The molecular formula is C11H19N5OS. The average Bonchev–Trinajstić information content (AvgIpc) is 3.01. The SMILES string of the molecule is CN=C(NCc1nc(C)no1)NCC1CCCS1. The van der Waals surface area contributed by atoms with Crippen molar-refractivity contribution < 1.29 is 4.52 Å². The van der Waals surface area contributed by atoms with Crippen LogP contribution >= 0.6 is 11.8 Å². The highest BCUT2D eigenvalue weighted by Crippen LogP contribution is 2.25. The zero-order valence-corrected chi connectivity index (χ0v) is 11.6. The fraction of sp³-hybridized carbons (Fsp3) is 0.727. The van der Waals surface area contributed by atoms with E-state index in [1.807, 2.05) is 11.8 Å². The van der Waals surface area contributed by atoms with Crippen molar-refractivity contribution in [2.45, 2.75) is 31.6 Å². The van der Waals surface area contributed by atoms with Crippen LogP contribution in [0.5, 0.6) is 0 Å². The first-order valence-electron chi connectivity index (χ1n) is 6.13. The van der Waals surface area contributed by atoms with Crippen molar-refractivity contribution in [1.82, 2.24) is 20.8 Å². The van der Waals surface area contributed by atoms with Gasteiger partial charge in [0.1, 0.15) is 0 Å². The Kier molecular flexibility index (Phi) is 4.86. The summed E-state index contributed by atoms with van der Waals surface area (Å²) < 4.78 is 5.03. The van der Waals surface area contributed by atoms with Gasteiger partial charge in [0.2, 0.25) is 5.89 Å². The molecule has 2 rings (SSSR count). The summed E-state index contributed by atoms with van der Waals surface area (Å²) in [6.45, 7) is 3.25. The molecule has 0 amide bonds. The summed E-state index contributed by atoms with van der Waals surface area (Å²) >= 11 is 2.03. The molecule has 0 bridgehead atoms. The highest BCUT2D eigenvalue weighted by atomic mass is 32.2. The van der Waals surface area contributed by atoms with Crippen molar-refractivity contribution in [3.8, 4) is 0 Å². The predicted octanol–water partition coefficient (Wildman–Crippen LogP) is 0.939. The minimum atomic E-state index is 0.498. The van der Waals surface area contributed by atoms with Gasteiger partial charge in [-0.1, -0.05) is 5.16 Å². The third-order valence-electron chi connectivity index (χ3n) is 2.72. The number of aromatic nitrogens is 2. The van der Waals surface area contributed by atoms with E-state index >= 15 is 0 Å². The van der Waals surface area contributed by atoms with Crippen LogP contribution in [0.15, 0.2) is 9.52 Å². The van der Waals surface area contributed by atoms with Gasteiger partial charge in [-0.05, 0) is 25.5 Å². The van der Waals surface area contributed by atoms with E-state index in [0.29, 0.717) is 23.5 Å². The largest absolute Gasteiger partial charge is 0.355 e. The molecule has 1 aliphatic heterocycles. The van der Waals surface area contributed by atoms with Gasteiger partial charge in [0, 0.05) is 18.8 Å². The molecule has 0 radical (unpaired) electrons. The Bertz CT molecular complexity index is 400. The summed E-state index contributed by atoms with van der Waals surface area (Å²) in [5.41, 5.74) is 0. The highest BCUT2D eigenvalue weighted by molar-refractivity contribution is 8.00. The average molecular weight is 269 g/mol. The standard InChI is InChI=1S/C11H19N5OS/c1-8-15-10(17-16-8)7-14-11(12-2)13-6-9-4-3-5-18-9/h9H,3-7H2,1-2H3,(H2,12,13,14). The smallest absolute Gasteiger partial charge is 0.246 e. The van der Waals surface area contributed by atoms with Crippen LogP contribution < -0.4 is 10.6 Å². The van der Waals surface area contributed by atoms with Crippen LogP contribution in [0.2, 0.25) is 0 Å². The maximum Gasteiger partial charge on any atom is 0.246 e. The predicted molar refractivity (Wildman–Crippen MR) is 72.7 cm³/mol. The number of nitrogens with zero attached hydrogens (tertiary/aromatic N) is 3. The van der Waals surface area contributed by atoms with Crippen molar-refractivity contribution in [3.63, 3.8) is 0 Å². The topological polar surface area (TPSA) is 75.3 Å². The Morgan fingerprint density at radius 1 is 1.56 bits per heavy atom. The quantitative estimate of drug-likeness (QED) is 0.626. The second-order valence-electron chi connectivity index (χ2n) is 4.18. The van der Waals surface area contributed by atoms with Crippen LogP contribution in [0.25, 0.3) is 0 Å². The Morgan fingerprint density at radius 3 is 3.06 bits per heavy atom. The van der Waals surface area contributed by atoms with Crippen LogP contribution in [-0.4, -0.2) is 40.7 Å². The van der Waals surface area contributed by atoms with Crippen molar-refractivity contribution in [3.05, 3.63) is 11.7 Å². The van der Waals surface area contributed by atoms with E-state index in [1.54, 1.807) is 14.0 Å². The lowest BCUT2D eigenvalue weighted by Gasteiger charge is -2.13. The second-order valence-corrected chi connectivity index (χ2v) is 5.59. The molecule has 2 N–H and O–H groups in total. The Morgan fingerprint density at radius 2 is 2.44 bits per heavy atom. The van der Waals surface area contributed by atoms with Crippen molar-refractivity contribution >= 4 is 17.7 Å². The first-order valence-corrected chi connectivity index (χ1v) is 7.18. The molecule has 100 valence electrons. The molecule has 1 aromatic heterocycles. The van der Waals surface area contributed by atoms with E-state index in [-0.39, 0.29) is 0 Å². The van der Waals surface area contributed by atoms with Gasteiger partial charge in [0.05, 0.1) is 6.54 Å². The normalized spacial score (nSPS) is 20.1. The third-order valence-corrected chi connectivity index (χ3v) is 4.12. The molecule has 7 heteroatoms. The lowest BCUT2D eigenvalue weighted by Crippen LogP contribution is -2.39. The van der Waals surface area contributed by atoms with E-state index in [1.165, 1.54) is 18.6 Å². The molecule has 0 aromatic carbocycles. The maximum atomic E-state index is 5.03. The molecule has 0 saturated carbocycles. The lowest BCUT2D eigenvalue weighted by atomic mass is 10.2. The fourth-order valence-electron chi connectivity index (χ4n) is 1.81. The van der Waals surface area contributed by atoms with Crippen molar-refractivity contribution in [1.29, 1.82) is 0 Å². The summed E-state index contributed by atoms with van der Waals surface area (Å²) in [5, 5.41) is 10.9. The van der Waals surface area contributed by atoms with Gasteiger partial charge in [0.15, 0.2) is 11.8 Å². The Labute approximate surface area is 111 Å². The van der Waals surface area contributed by atoms with Crippen molar-refractivity contribution in [2.75, 3.05) is 19.3 Å². The zero-order valence-electron chi connectivity index (χ0n) is 10.8. The van der Waals surface area contributed by atoms with Gasteiger partial charge in [-0.2, -0.15) is 16.7 Å². The number of thioether (sulfide) groups is 1. The Hall–Kier alpha value is -1.24. The van der Waals surface area contributed by atoms with E-state index in [4.69, 9.17) is 4.52 Å². The van der Waals surface area contributed by atoms with Gasteiger partial charge in [-0.25, -0.2) is 0 Å².